The van der Waals surface area contributed by atoms with E-state index in [-0.39, 0.29) is 17.2 Å². The van der Waals surface area contributed by atoms with Crippen LogP contribution in [0.15, 0.2) is 51.5 Å². The molecule has 9 heteroatoms. The molecule has 1 atom stereocenters. The molecule has 0 aliphatic heterocycles. The van der Waals surface area contributed by atoms with E-state index in [9.17, 15) is 9.59 Å². The van der Waals surface area contributed by atoms with Crippen LogP contribution in [-0.2, 0) is 9.53 Å². The summed E-state index contributed by atoms with van der Waals surface area (Å²) in [5.41, 5.74) is 2.88. The molecule has 0 saturated carbocycles. The van der Waals surface area contributed by atoms with Crippen molar-refractivity contribution in [2.45, 2.75) is 26.9 Å². The number of anilines is 1. The molecule has 0 bridgehead atoms. The van der Waals surface area contributed by atoms with E-state index in [0.717, 1.165) is 5.56 Å². The molecule has 1 aromatic carbocycles. The molecule has 0 aliphatic carbocycles. The minimum atomic E-state index is -1.08. The summed E-state index contributed by atoms with van der Waals surface area (Å²) in [5, 5.41) is 10.5. The van der Waals surface area contributed by atoms with E-state index in [1.165, 1.54) is 6.92 Å². The van der Waals surface area contributed by atoms with Gasteiger partial charge in [-0.2, -0.15) is 0 Å². The maximum atomic E-state index is 12.9. The highest BCUT2D eigenvalue weighted by molar-refractivity contribution is 6.05. The highest BCUT2D eigenvalue weighted by Gasteiger charge is 2.25. The van der Waals surface area contributed by atoms with Gasteiger partial charge in [0, 0.05) is 11.6 Å². The van der Waals surface area contributed by atoms with Gasteiger partial charge in [-0.1, -0.05) is 40.6 Å². The molecule has 1 amide bonds. The maximum Gasteiger partial charge on any atom is 0.339 e. The predicted octanol–water partition coefficient (Wildman–Crippen LogP) is 3.68. The third-order valence-electron chi connectivity index (χ3n) is 4.43. The van der Waals surface area contributed by atoms with Crippen molar-refractivity contribution >= 4 is 28.9 Å². The summed E-state index contributed by atoms with van der Waals surface area (Å²) in [7, 11) is 0. The lowest BCUT2D eigenvalue weighted by Gasteiger charge is -2.13. The van der Waals surface area contributed by atoms with Crippen molar-refractivity contribution < 1.29 is 23.4 Å². The second-order valence-corrected chi connectivity index (χ2v) is 6.74. The summed E-state index contributed by atoms with van der Waals surface area (Å²) in [6.45, 7) is 4.89. The smallest absolute Gasteiger partial charge is 0.339 e. The number of amides is 1. The molecule has 9 nitrogen and oxygen atoms in total. The van der Waals surface area contributed by atoms with E-state index in [2.05, 4.69) is 20.6 Å². The van der Waals surface area contributed by atoms with Gasteiger partial charge in [-0.3, -0.25) is 10.1 Å². The number of rotatable bonds is 5. The van der Waals surface area contributed by atoms with Crippen LogP contribution in [0.1, 0.15) is 28.7 Å². The largest absolute Gasteiger partial charge is 0.449 e. The van der Waals surface area contributed by atoms with Crippen molar-refractivity contribution in [2.24, 2.45) is 0 Å². The lowest BCUT2D eigenvalue weighted by molar-refractivity contribution is -0.123. The molecule has 4 aromatic rings. The van der Waals surface area contributed by atoms with Crippen LogP contribution >= 0.6 is 0 Å². The van der Waals surface area contributed by atoms with Crippen LogP contribution in [0.3, 0.4) is 0 Å². The van der Waals surface area contributed by atoms with Gasteiger partial charge in [-0.05, 0) is 26.8 Å². The van der Waals surface area contributed by atoms with Crippen molar-refractivity contribution in [3.8, 4) is 11.3 Å². The summed E-state index contributed by atoms with van der Waals surface area (Å²) in [5.74, 6) is -1.06. The number of fused-ring (bicyclic) bond motifs is 1. The number of hydrogen-bond acceptors (Lipinski definition) is 8. The lowest BCUT2D eigenvalue weighted by atomic mass is 10.1. The van der Waals surface area contributed by atoms with E-state index < -0.39 is 18.0 Å². The van der Waals surface area contributed by atoms with Gasteiger partial charge >= 0.3 is 5.97 Å². The standard InChI is InChI=1S/C21H18N4O5/c1-11-9-17(29-24-11)23-19(26)13(3)28-21(27)15-10-16(14-7-5-4-6-8-14)22-20-18(15)12(2)25-30-20/h4-10,13H,1-3H3,(H,23,26). The van der Waals surface area contributed by atoms with Crippen LogP contribution in [-0.4, -0.2) is 33.3 Å². The molecule has 4 rings (SSSR count). The monoisotopic (exact) mass is 406 g/mol. The van der Waals surface area contributed by atoms with Gasteiger partial charge in [-0.25, -0.2) is 9.78 Å². The Morgan fingerprint density at radius 2 is 1.83 bits per heavy atom. The van der Waals surface area contributed by atoms with E-state index in [4.69, 9.17) is 13.8 Å². The average molecular weight is 406 g/mol. The number of aryl methyl sites for hydroxylation is 2. The fourth-order valence-corrected chi connectivity index (χ4v) is 2.94. The van der Waals surface area contributed by atoms with Gasteiger partial charge in [0.2, 0.25) is 5.88 Å². The molecule has 30 heavy (non-hydrogen) atoms. The van der Waals surface area contributed by atoms with Crippen molar-refractivity contribution in [1.82, 2.24) is 15.3 Å². The number of carbonyl (C=O) groups excluding carboxylic acids is 2. The number of carbonyl (C=O) groups is 2. The Balaban J connectivity index is 1.62. The summed E-state index contributed by atoms with van der Waals surface area (Å²) in [4.78, 5) is 29.7. The van der Waals surface area contributed by atoms with E-state index >= 15 is 0 Å². The molecule has 1 N–H and O–H groups in total. The highest BCUT2D eigenvalue weighted by Crippen LogP contribution is 2.27. The minimum Gasteiger partial charge on any atom is -0.449 e. The van der Waals surface area contributed by atoms with Crippen molar-refractivity contribution in [2.75, 3.05) is 5.32 Å². The van der Waals surface area contributed by atoms with E-state index in [1.807, 2.05) is 30.3 Å². The van der Waals surface area contributed by atoms with Crippen molar-refractivity contribution in [3.05, 3.63) is 59.4 Å². The molecule has 1 unspecified atom stereocenters. The van der Waals surface area contributed by atoms with Gasteiger partial charge in [0.15, 0.2) is 6.10 Å². The zero-order valence-electron chi connectivity index (χ0n) is 16.5. The third kappa shape index (κ3) is 3.77. The Morgan fingerprint density at radius 1 is 1.07 bits per heavy atom. The number of nitrogens with zero attached hydrogens (tertiary/aromatic N) is 3. The molecule has 0 spiro atoms. The number of nitrogens with one attached hydrogen (secondary N) is 1. The first kappa shape index (κ1) is 19.3. The topological polar surface area (TPSA) is 120 Å². The van der Waals surface area contributed by atoms with Crippen LogP contribution in [0.5, 0.6) is 0 Å². The summed E-state index contributed by atoms with van der Waals surface area (Å²) >= 11 is 0. The Hall–Kier alpha value is -4.01. The molecular formula is C21H18N4O5. The molecule has 3 aromatic heterocycles. The number of pyridine rings is 1. The molecule has 0 aliphatic rings. The Bertz CT molecular complexity index is 1230. The fourth-order valence-electron chi connectivity index (χ4n) is 2.94. The molecule has 152 valence electrons. The SMILES string of the molecule is Cc1cc(NC(=O)C(C)OC(=O)c2cc(-c3ccccc3)nc3onc(C)c23)on1. The first-order valence-electron chi connectivity index (χ1n) is 9.20. The molecule has 0 radical (unpaired) electrons. The van der Waals surface area contributed by atoms with E-state index in [1.54, 1.807) is 26.0 Å². The zero-order chi connectivity index (χ0) is 21.3. The van der Waals surface area contributed by atoms with Crippen LogP contribution in [0.25, 0.3) is 22.4 Å². The first-order valence-corrected chi connectivity index (χ1v) is 9.20. The lowest BCUT2D eigenvalue weighted by Crippen LogP contribution is -2.30. The van der Waals surface area contributed by atoms with Gasteiger partial charge in [0.1, 0.15) is 0 Å². The molecule has 0 saturated heterocycles. The second-order valence-electron chi connectivity index (χ2n) is 6.74. The zero-order valence-corrected chi connectivity index (χ0v) is 16.5. The predicted molar refractivity (Wildman–Crippen MR) is 107 cm³/mol. The van der Waals surface area contributed by atoms with Crippen LogP contribution in [0, 0.1) is 13.8 Å². The summed E-state index contributed by atoms with van der Waals surface area (Å²) in [6.07, 6.45) is -1.08. The number of hydrogen-bond donors (Lipinski definition) is 1. The Labute approximate surface area is 171 Å². The number of ether oxygens (including phenoxy) is 1. The summed E-state index contributed by atoms with van der Waals surface area (Å²) < 4.78 is 15.6. The van der Waals surface area contributed by atoms with Crippen LogP contribution in [0.2, 0.25) is 0 Å². The van der Waals surface area contributed by atoms with Gasteiger partial charge < -0.3 is 13.8 Å². The average Bonchev–Trinajstić information content (AvgIpc) is 3.33. The van der Waals surface area contributed by atoms with E-state index in [0.29, 0.717) is 22.5 Å². The number of esters is 1. The van der Waals surface area contributed by atoms with Gasteiger partial charge in [0.05, 0.1) is 28.0 Å². The Morgan fingerprint density at radius 3 is 2.53 bits per heavy atom. The first-order chi connectivity index (χ1) is 14.4. The number of benzene rings is 1. The van der Waals surface area contributed by atoms with Gasteiger partial charge in [0.25, 0.3) is 11.6 Å². The van der Waals surface area contributed by atoms with Crippen LogP contribution < -0.4 is 5.32 Å². The molecule has 3 heterocycles. The Kier molecular flexibility index (Phi) is 5.01. The minimum absolute atomic E-state index is 0.174. The van der Waals surface area contributed by atoms with Crippen molar-refractivity contribution in [1.29, 1.82) is 0 Å². The maximum absolute atomic E-state index is 12.9. The second kappa shape index (κ2) is 7.78. The third-order valence-corrected chi connectivity index (χ3v) is 4.43. The van der Waals surface area contributed by atoms with Crippen LogP contribution in [0.4, 0.5) is 5.88 Å². The van der Waals surface area contributed by atoms with Gasteiger partial charge in [-0.15, -0.1) is 0 Å². The highest BCUT2D eigenvalue weighted by atomic mass is 16.5. The summed E-state index contributed by atoms with van der Waals surface area (Å²) in [6, 6.07) is 12.5. The fraction of sp³-hybridized carbons (Fsp3) is 0.190. The molecular weight excluding hydrogens is 388 g/mol. The quantitative estimate of drug-likeness (QED) is 0.498. The van der Waals surface area contributed by atoms with Crippen molar-refractivity contribution in [3.63, 3.8) is 0 Å². The molecule has 0 fully saturated rings. The normalized spacial score (nSPS) is 12.0. The number of aromatic nitrogens is 3.